The highest BCUT2D eigenvalue weighted by Crippen LogP contribution is 2.12. The summed E-state index contributed by atoms with van der Waals surface area (Å²) in [4.78, 5) is 11.9. The van der Waals surface area contributed by atoms with Gasteiger partial charge in [-0.15, -0.1) is 0 Å². The molecule has 1 rings (SSSR count). The fourth-order valence-corrected chi connectivity index (χ4v) is 1.42. The Balaban J connectivity index is 2.80. The van der Waals surface area contributed by atoms with E-state index in [1.807, 2.05) is 45.0 Å². The van der Waals surface area contributed by atoms with E-state index < -0.39 is 0 Å². The van der Waals surface area contributed by atoms with Crippen molar-refractivity contribution in [1.29, 1.82) is 0 Å². The summed E-state index contributed by atoms with van der Waals surface area (Å²) in [7, 11) is 0. The second-order valence-corrected chi connectivity index (χ2v) is 4.14. The summed E-state index contributed by atoms with van der Waals surface area (Å²) in [5.41, 5.74) is 7.76. The first-order chi connectivity index (χ1) is 7.06. The summed E-state index contributed by atoms with van der Waals surface area (Å²) in [6, 6.07) is 7.20. The Morgan fingerprint density at radius 3 is 2.33 bits per heavy atom. The van der Waals surface area contributed by atoms with Crippen molar-refractivity contribution in [2.45, 2.75) is 33.2 Å². The first-order valence-corrected chi connectivity index (χ1v) is 5.42. The fraction of sp³-hybridized carbons (Fsp3) is 0.462. The van der Waals surface area contributed by atoms with Crippen molar-refractivity contribution in [3.63, 3.8) is 0 Å². The van der Waals surface area contributed by atoms with Crippen LogP contribution in [0.15, 0.2) is 24.3 Å². The van der Waals surface area contributed by atoms with Crippen LogP contribution in [0.1, 0.15) is 36.2 Å². The number of benzene rings is 1. The molecule has 0 radical (unpaired) electrons. The zero-order chi connectivity index (χ0) is 11.4. The molecule has 0 heterocycles. The lowest BCUT2D eigenvalue weighted by atomic mass is 9.92. The van der Waals surface area contributed by atoms with Crippen molar-refractivity contribution in [3.05, 3.63) is 35.4 Å². The SMILES string of the molecule is CC[C@H](C)[C@H](N)C(=O)c1ccc(C)cc1. The standard InChI is InChI=1S/C13H19NO/c1-4-10(3)12(14)13(15)11-7-5-9(2)6-8-11/h5-8,10,12H,4,14H2,1-3H3/t10-,12-/m0/s1. The van der Waals surface area contributed by atoms with Gasteiger partial charge < -0.3 is 5.73 Å². The van der Waals surface area contributed by atoms with Crippen LogP contribution in [0, 0.1) is 12.8 Å². The van der Waals surface area contributed by atoms with Crippen molar-refractivity contribution in [3.8, 4) is 0 Å². The largest absolute Gasteiger partial charge is 0.321 e. The summed E-state index contributed by atoms with van der Waals surface area (Å²) in [6.45, 7) is 6.06. The maximum atomic E-state index is 11.9. The highest BCUT2D eigenvalue weighted by molar-refractivity contribution is 6.00. The minimum Gasteiger partial charge on any atom is -0.321 e. The molecule has 1 aromatic rings. The Labute approximate surface area is 91.5 Å². The molecule has 2 heteroatoms. The third-order valence-electron chi connectivity index (χ3n) is 2.90. The van der Waals surface area contributed by atoms with E-state index in [-0.39, 0.29) is 17.7 Å². The average Bonchev–Trinajstić information content (AvgIpc) is 2.27. The first-order valence-electron chi connectivity index (χ1n) is 5.42. The maximum absolute atomic E-state index is 11.9. The molecule has 0 aliphatic heterocycles. The van der Waals surface area contributed by atoms with Gasteiger partial charge in [-0.05, 0) is 12.8 Å². The molecule has 0 saturated carbocycles. The number of hydrogen-bond acceptors (Lipinski definition) is 2. The zero-order valence-electron chi connectivity index (χ0n) is 9.66. The lowest BCUT2D eigenvalue weighted by Gasteiger charge is -2.16. The summed E-state index contributed by atoms with van der Waals surface area (Å²) < 4.78 is 0. The quantitative estimate of drug-likeness (QED) is 0.768. The second-order valence-electron chi connectivity index (χ2n) is 4.14. The van der Waals surface area contributed by atoms with Gasteiger partial charge in [-0.25, -0.2) is 0 Å². The van der Waals surface area contributed by atoms with Gasteiger partial charge in [0.1, 0.15) is 0 Å². The zero-order valence-corrected chi connectivity index (χ0v) is 9.66. The van der Waals surface area contributed by atoms with Crippen LogP contribution in [-0.4, -0.2) is 11.8 Å². The monoisotopic (exact) mass is 205 g/mol. The van der Waals surface area contributed by atoms with Gasteiger partial charge in [0.05, 0.1) is 6.04 Å². The van der Waals surface area contributed by atoms with E-state index in [1.54, 1.807) is 0 Å². The van der Waals surface area contributed by atoms with Crippen molar-refractivity contribution < 1.29 is 4.79 Å². The lowest BCUT2D eigenvalue weighted by molar-refractivity contribution is 0.0935. The van der Waals surface area contributed by atoms with E-state index in [9.17, 15) is 4.79 Å². The number of nitrogens with two attached hydrogens (primary N) is 1. The number of aryl methyl sites for hydroxylation is 1. The van der Waals surface area contributed by atoms with Crippen LogP contribution in [0.5, 0.6) is 0 Å². The number of hydrogen-bond donors (Lipinski definition) is 1. The molecule has 0 unspecified atom stereocenters. The van der Waals surface area contributed by atoms with E-state index in [4.69, 9.17) is 5.73 Å². The smallest absolute Gasteiger partial charge is 0.179 e. The van der Waals surface area contributed by atoms with Gasteiger partial charge in [0.25, 0.3) is 0 Å². The third kappa shape index (κ3) is 2.90. The molecule has 0 amide bonds. The first kappa shape index (κ1) is 11.9. The summed E-state index contributed by atoms with van der Waals surface area (Å²) >= 11 is 0. The van der Waals surface area contributed by atoms with Crippen molar-refractivity contribution >= 4 is 5.78 Å². The highest BCUT2D eigenvalue weighted by Gasteiger charge is 2.20. The van der Waals surface area contributed by atoms with Crippen LogP contribution in [0.25, 0.3) is 0 Å². The molecular weight excluding hydrogens is 186 g/mol. The Morgan fingerprint density at radius 2 is 1.87 bits per heavy atom. The Morgan fingerprint density at radius 1 is 1.33 bits per heavy atom. The number of rotatable bonds is 4. The molecular formula is C13H19NO. The Bertz CT molecular complexity index is 329. The molecule has 0 saturated heterocycles. The summed E-state index contributed by atoms with van der Waals surface area (Å²) in [5.74, 6) is 0.281. The van der Waals surface area contributed by atoms with E-state index in [0.29, 0.717) is 5.56 Å². The van der Waals surface area contributed by atoms with Gasteiger partial charge in [-0.1, -0.05) is 50.1 Å². The normalized spacial score (nSPS) is 14.7. The Hall–Kier alpha value is -1.15. The van der Waals surface area contributed by atoms with Crippen molar-refractivity contribution in [1.82, 2.24) is 0 Å². The van der Waals surface area contributed by atoms with Gasteiger partial charge in [0.15, 0.2) is 5.78 Å². The Kier molecular flexibility index (Phi) is 4.04. The van der Waals surface area contributed by atoms with Crippen LogP contribution in [0.3, 0.4) is 0 Å². The summed E-state index contributed by atoms with van der Waals surface area (Å²) in [6.07, 6.45) is 0.929. The van der Waals surface area contributed by atoms with Crippen molar-refractivity contribution in [2.24, 2.45) is 11.7 Å². The van der Waals surface area contributed by atoms with Crippen molar-refractivity contribution in [2.75, 3.05) is 0 Å². The molecule has 15 heavy (non-hydrogen) atoms. The predicted octanol–water partition coefficient (Wildman–Crippen LogP) is 2.55. The second kappa shape index (κ2) is 5.08. The highest BCUT2D eigenvalue weighted by atomic mass is 16.1. The van der Waals surface area contributed by atoms with E-state index in [1.165, 1.54) is 0 Å². The molecule has 0 bridgehead atoms. The summed E-state index contributed by atoms with van der Waals surface area (Å²) in [5, 5.41) is 0. The predicted molar refractivity (Wildman–Crippen MR) is 62.9 cm³/mol. The van der Waals surface area contributed by atoms with Gasteiger partial charge in [0, 0.05) is 5.56 Å². The molecule has 2 nitrogen and oxygen atoms in total. The molecule has 0 spiro atoms. The molecule has 2 N–H and O–H groups in total. The molecule has 0 aromatic heterocycles. The van der Waals surface area contributed by atoms with Gasteiger partial charge in [-0.2, -0.15) is 0 Å². The fourth-order valence-electron chi connectivity index (χ4n) is 1.42. The number of carbonyl (C=O) groups excluding carboxylic acids is 1. The number of ketones is 1. The molecule has 2 atom stereocenters. The average molecular weight is 205 g/mol. The molecule has 0 fully saturated rings. The van der Waals surface area contributed by atoms with Crippen LogP contribution in [0.4, 0.5) is 0 Å². The molecule has 1 aromatic carbocycles. The van der Waals surface area contributed by atoms with E-state index in [0.717, 1.165) is 12.0 Å². The topological polar surface area (TPSA) is 43.1 Å². The van der Waals surface area contributed by atoms with Gasteiger partial charge in [0.2, 0.25) is 0 Å². The number of Topliss-reactive ketones (excluding diaryl/α,β-unsaturated/α-hetero) is 1. The van der Waals surface area contributed by atoms with Crippen LogP contribution in [-0.2, 0) is 0 Å². The molecule has 82 valence electrons. The van der Waals surface area contributed by atoms with Gasteiger partial charge >= 0.3 is 0 Å². The molecule has 0 aliphatic rings. The third-order valence-corrected chi connectivity index (χ3v) is 2.90. The maximum Gasteiger partial charge on any atom is 0.179 e. The number of carbonyl (C=O) groups is 1. The van der Waals surface area contributed by atoms with Crippen LogP contribution < -0.4 is 5.73 Å². The van der Waals surface area contributed by atoms with E-state index in [2.05, 4.69) is 0 Å². The minimum absolute atomic E-state index is 0.0457. The minimum atomic E-state index is -0.377. The van der Waals surface area contributed by atoms with Gasteiger partial charge in [-0.3, -0.25) is 4.79 Å². The van der Waals surface area contributed by atoms with Crippen LogP contribution in [0.2, 0.25) is 0 Å². The van der Waals surface area contributed by atoms with E-state index >= 15 is 0 Å². The lowest BCUT2D eigenvalue weighted by Crippen LogP contribution is -2.36. The molecule has 0 aliphatic carbocycles. The van der Waals surface area contributed by atoms with Crippen LogP contribution >= 0.6 is 0 Å².